The van der Waals surface area contributed by atoms with Gasteiger partial charge in [-0.15, -0.1) is 0 Å². The van der Waals surface area contributed by atoms with Crippen LogP contribution in [-0.4, -0.2) is 6.61 Å². The Morgan fingerprint density at radius 2 is 1.95 bits per heavy atom. The fourth-order valence-corrected chi connectivity index (χ4v) is 1.78. The number of nitriles is 1. The monoisotopic (exact) mass is 292 g/mol. The fourth-order valence-electron chi connectivity index (χ4n) is 1.78. The van der Waals surface area contributed by atoms with E-state index < -0.39 is 12.4 Å². The summed E-state index contributed by atoms with van der Waals surface area (Å²) >= 11 is 0. The highest BCUT2D eigenvalue weighted by molar-refractivity contribution is 5.56. The molecule has 108 valence electrons. The number of hydrogen-bond acceptors (Lipinski definition) is 3. The molecule has 0 saturated carbocycles. The van der Waals surface area contributed by atoms with Gasteiger partial charge in [-0.2, -0.15) is 14.0 Å². The number of para-hydroxylation sites is 2. The second-order valence-corrected chi connectivity index (χ2v) is 4.15. The second-order valence-electron chi connectivity index (χ2n) is 4.15. The van der Waals surface area contributed by atoms with Gasteiger partial charge in [-0.1, -0.05) is 12.1 Å². The van der Waals surface area contributed by atoms with E-state index in [1.807, 2.05) is 6.07 Å². The lowest BCUT2D eigenvalue weighted by Gasteiger charge is -2.13. The molecule has 0 atom stereocenters. The van der Waals surface area contributed by atoms with Crippen LogP contribution in [0.1, 0.15) is 11.1 Å². The Morgan fingerprint density at radius 3 is 2.67 bits per heavy atom. The molecule has 0 amide bonds. The van der Waals surface area contributed by atoms with Crippen molar-refractivity contribution in [1.29, 1.82) is 5.26 Å². The first-order chi connectivity index (χ1) is 10.1. The SMILES string of the molecule is N#Cc1ccc(F)c(CNc2ccccc2OC(F)F)c1. The maximum absolute atomic E-state index is 13.6. The lowest BCUT2D eigenvalue weighted by molar-refractivity contribution is -0.0493. The van der Waals surface area contributed by atoms with Crippen LogP contribution in [0.2, 0.25) is 0 Å². The van der Waals surface area contributed by atoms with Gasteiger partial charge < -0.3 is 10.1 Å². The zero-order chi connectivity index (χ0) is 15.2. The Labute approximate surface area is 119 Å². The zero-order valence-corrected chi connectivity index (χ0v) is 10.8. The van der Waals surface area contributed by atoms with Gasteiger partial charge in [0, 0.05) is 12.1 Å². The molecule has 0 spiro atoms. The van der Waals surface area contributed by atoms with Gasteiger partial charge in [0.05, 0.1) is 17.3 Å². The average Bonchev–Trinajstić information content (AvgIpc) is 2.47. The summed E-state index contributed by atoms with van der Waals surface area (Å²) in [5, 5.41) is 11.6. The van der Waals surface area contributed by atoms with Crippen LogP contribution in [0, 0.1) is 17.1 Å². The maximum Gasteiger partial charge on any atom is 0.387 e. The van der Waals surface area contributed by atoms with Crippen molar-refractivity contribution in [1.82, 2.24) is 0 Å². The van der Waals surface area contributed by atoms with E-state index in [2.05, 4.69) is 10.1 Å². The normalized spacial score (nSPS) is 10.2. The van der Waals surface area contributed by atoms with Crippen LogP contribution >= 0.6 is 0 Å². The highest BCUT2D eigenvalue weighted by atomic mass is 19.3. The summed E-state index contributed by atoms with van der Waals surface area (Å²) in [5.74, 6) is -0.502. The summed E-state index contributed by atoms with van der Waals surface area (Å²) in [6.07, 6.45) is 0. The van der Waals surface area contributed by atoms with Crippen molar-refractivity contribution >= 4 is 5.69 Å². The van der Waals surface area contributed by atoms with E-state index in [1.54, 1.807) is 18.2 Å². The number of alkyl halides is 2. The molecule has 0 aliphatic carbocycles. The molecule has 2 aromatic carbocycles. The first-order valence-corrected chi connectivity index (χ1v) is 6.06. The average molecular weight is 292 g/mol. The highest BCUT2D eigenvalue weighted by Crippen LogP contribution is 2.26. The molecule has 3 nitrogen and oxygen atoms in total. The maximum atomic E-state index is 13.6. The summed E-state index contributed by atoms with van der Waals surface area (Å²) in [7, 11) is 0. The Hall–Kier alpha value is -2.68. The van der Waals surface area contributed by atoms with Gasteiger partial charge in [0.25, 0.3) is 0 Å². The van der Waals surface area contributed by atoms with Crippen LogP contribution in [0.5, 0.6) is 5.75 Å². The van der Waals surface area contributed by atoms with E-state index in [-0.39, 0.29) is 17.9 Å². The van der Waals surface area contributed by atoms with E-state index in [1.165, 1.54) is 24.3 Å². The Morgan fingerprint density at radius 1 is 1.19 bits per heavy atom. The standard InChI is InChI=1S/C15H11F3N2O/c16-12-6-5-10(8-19)7-11(12)9-20-13-3-1-2-4-14(13)21-15(17)18/h1-7,15,20H,9H2. The minimum absolute atomic E-state index is 0.0238. The summed E-state index contributed by atoms with van der Waals surface area (Å²) in [5.41, 5.74) is 0.908. The van der Waals surface area contributed by atoms with Crippen molar-refractivity contribution in [3.8, 4) is 11.8 Å². The first-order valence-electron chi connectivity index (χ1n) is 6.06. The third kappa shape index (κ3) is 3.89. The van der Waals surface area contributed by atoms with Gasteiger partial charge >= 0.3 is 6.61 Å². The first kappa shape index (κ1) is 14.7. The predicted octanol–water partition coefficient (Wildman–Crippen LogP) is 3.91. The topological polar surface area (TPSA) is 45.0 Å². The molecule has 2 rings (SSSR count). The fraction of sp³-hybridized carbons (Fsp3) is 0.133. The number of hydrogen-bond donors (Lipinski definition) is 1. The van der Waals surface area contributed by atoms with Gasteiger partial charge in [0.2, 0.25) is 0 Å². The van der Waals surface area contributed by atoms with Crippen molar-refractivity contribution in [3.05, 3.63) is 59.4 Å². The smallest absolute Gasteiger partial charge is 0.387 e. The summed E-state index contributed by atoms with van der Waals surface area (Å²) in [6.45, 7) is -2.89. The molecule has 0 bridgehead atoms. The minimum atomic E-state index is -2.94. The van der Waals surface area contributed by atoms with E-state index in [0.717, 1.165) is 0 Å². The third-order valence-corrected chi connectivity index (χ3v) is 2.75. The number of rotatable bonds is 5. The van der Waals surface area contributed by atoms with E-state index in [0.29, 0.717) is 11.3 Å². The molecule has 21 heavy (non-hydrogen) atoms. The van der Waals surface area contributed by atoms with Crippen LogP contribution in [0.15, 0.2) is 42.5 Å². The molecule has 0 aromatic heterocycles. The lowest BCUT2D eigenvalue weighted by Crippen LogP contribution is -2.07. The molecule has 0 saturated heterocycles. The summed E-state index contributed by atoms with van der Waals surface area (Å²) < 4.78 is 42.5. The van der Waals surface area contributed by atoms with E-state index in [4.69, 9.17) is 5.26 Å². The van der Waals surface area contributed by atoms with Crippen molar-refractivity contribution in [2.45, 2.75) is 13.2 Å². The number of nitrogens with zero attached hydrogens (tertiary/aromatic N) is 1. The van der Waals surface area contributed by atoms with Gasteiger partial charge in [-0.3, -0.25) is 0 Å². The molecule has 6 heteroatoms. The van der Waals surface area contributed by atoms with Crippen LogP contribution in [0.3, 0.4) is 0 Å². The van der Waals surface area contributed by atoms with Crippen LogP contribution in [-0.2, 0) is 6.54 Å². The molecule has 0 fully saturated rings. The number of anilines is 1. The van der Waals surface area contributed by atoms with Gasteiger partial charge in [0.1, 0.15) is 11.6 Å². The molecule has 0 radical (unpaired) electrons. The molecular formula is C15H11F3N2O. The van der Waals surface area contributed by atoms with Crippen LogP contribution in [0.25, 0.3) is 0 Å². The molecular weight excluding hydrogens is 281 g/mol. The summed E-state index contributed by atoms with van der Waals surface area (Å²) in [4.78, 5) is 0. The lowest BCUT2D eigenvalue weighted by atomic mass is 10.1. The number of benzene rings is 2. The van der Waals surface area contributed by atoms with Crippen LogP contribution in [0.4, 0.5) is 18.9 Å². The Kier molecular flexibility index (Phi) is 4.67. The van der Waals surface area contributed by atoms with Crippen molar-refractivity contribution in [3.63, 3.8) is 0 Å². The van der Waals surface area contributed by atoms with Crippen molar-refractivity contribution in [2.24, 2.45) is 0 Å². The molecule has 0 heterocycles. The van der Waals surface area contributed by atoms with Crippen molar-refractivity contribution < 1.29 is 17.9 Å². The predicted molar refractivity (Wildman–Crippen MR) is 71.5 cm³/mol. The van der Waals surface area contributed by atoms with Gasteiger partial charge in [-0.25, -0.2) is 4.39 Å². The molecule has 0 unspecified atom stereocenters. The minimum Gasteiger partial charge on any atom is -0.433 e. The molecule has 0 aliphatic rings. The number of halogens is 3. The molecule has 2 aromatic rings. The van der Waals surface area contributed by atoms with Gasteiger partial charge in [0.15, 0.2) is 0 Å². The molecule has 1 N–H and O–H groups in total. The Bertz CT molecular complexity index is 668. The summed E-state index contributed by atoms with van der Waals surface area (Å²) in [6, 6.07) is 12.0. The van der Waals surface area contributed by atoms with E-state index >= 15 is 0 Å². The quantitative estimate of drug-likeness (QED) is 0.908. The van der Waals surface area contributed by atoms with Gasteiger partial charge in [-0.05, 0) is 30.3 Å². The number of ether oxygens (including phenoxy) is 1. The number of nitrogens with one attached hydrogen (secondary N) is 1. The third-order valence-electron chi connectivity index (χ3n) is 2.75. The second kappa shape index (κ2) is 6.66. The van der Waals surface area contributed by atoms with E-state index in [9.17, 15) is 13.2 Å². The zero-order valence-electron chi connectivity index (χ0n) is 10.8. The molecule has 0 aliphatic heterocycles. The highest BCUT2D eigenvalue weighted by Gasteiger charge is 2.10. The van der Waals surface area contributed by atoms with Crippen LogP contribution < -0.4 is 10.1 Å². The van der Waals surface area contributed by atoms with Crippen molar-refractivity contribution in [2.75, 3.05) is 5.32 Å². The largest absolute Gasteiger partial charge is 0.433 e. The Balaban J connectivity index is 2.15.